The summed E-state index contributed by atoms with van der Waals surface area (Å²) in [5.41, 5.74) is 5.35. The van der Waals surface area contributed by atoms with E-state index in [0.29, 0.717) is 19.6 Å². The predicted molar refractivity (Wildman–Crippen MR) is 137 cm³/mol. The zero-order chi connectivity index (χ0) is 25.7. The fourth-order valence-corrected chi connectivity index (χ4v) is 4.35. The van der Waals surface area contributed by atoms with Gasteiger partial charge in [0.1, 0.15) is 0 Å². The highest BCUT2D eigenvalue weighted by Crippen LogP contribution is 2.15. The highest BCUT2D eigenvalue weighted by atomic mass is 16.5. The third-order valence-electron chi connectivity index (χ3n) is 6.31. The van der Waals surface area contributed by atoms with Crippen molar-refractivity contribution >= 4 is 22.9 Å². The smallest absolute Gasteiger partial charge is 0.329 e. The Hall–Kier alpha value is -4.14. The molecule has 2 aromatic carbocycles. The number of esters is 1. The first-order chi connectivity index (χ1) is 17.4. The van der Waals surface area contributed by atoms with E-state index in [4.69, 9.17) is 4.74 Å². The fraction of sp³-hybridized carbons (Fsp3) is 0.333. The van der Waals surface area contributed by atoms with Gasteiger partial charge in [0.05, 0.1) is 29.7 Å². The third-order valence-corrected chi connectivity index (χ3v) is 6.31. The van der Waals surface area contributed by atoms with Gasteiger partial charge in [-0.3, -0.25) is 23.4 Å². The summed E-state index contributed by atoms with van der Waals surface area (Å²) in [6, 6.07) is 17.5. The molecule has 4 aromatic rings. The molecule has 9 heteroatoms. The summed E-state index contributed by atoms with van der Waals surface area (Å²) >= 11 is 0. The molecule has 0 bridgehead atoms. The Labute approximate surface area is 209 Å². The molecule has 2 aromatic heterocycles. The number of fused-ring (bicyclic) bond motifs is 1. The predicted octanol–water partition coefficient (Wildman–Crippen LogP) is 2.93. The molecule has 36 heavy (non-hydrogen) atoms. The van der Waals surface area contributed by atoms with Gasteiger partial charge in [0, 0.05) is 30.9 Å². The van der Waals surface area contributed by atoms with Gasteiger partial charge in [0.15, 0.2) is 6.61 Å². The number of benzene rings is 2. The topological polar surface area (TPSA) is 100 Å². The molecule has 0 radical (unpaired) electrons. The second-order valence-corrected chi connectivity index (χ2v) is 8.65. The maximum Gasteiger partial charge on any atom is 0.329 e. The van der Waals surface area contributed by atoms with Crippen LogP contribution in [0.1, 0.15) is 35.9 Å². The number of hydrogen-bond donors (Lipinski definition) is 1. The lowest BCUT2D eigenvalue weighted by molar-refractivity contribution is -0.148. The number of carbonyl (C=O) groups is 2. The van der Waals surface area contributed by atoms with Gasteiger partial charge in [-0.05, 0) is 38.5 Å². The quantitative estimate of drug-likeness (QED) is 0.345. The molecule has 1 N–H and O–H groups in total. The first kappa shape index (κ1) is 25.0. The van der Waals surface area contributed by atoms with Crippen molar-refractivity contribution in [3.63, 3.8) is 0 Å². The molecule has 1 amide bonds. The standard InChI is InChI=1S/C27H31N5O4/c1-4-30-23-12-8-9-13-24(23)31(27(30)35)15-14-26(34)36-18-25(33)28-16-22-19(2)29-32(20(22)3)17-21-10-6-5-7-11-21/h5-13H,4,14-18H2,1-3H3,(H,28,33). The van der Waals surface area contributed by atoms with Gasteiger partial charge in [-0.15, -0.1) is 0 Å². The molecule has 2 heterocycles. The van der Waals surface area contributed by atoms with E-state index in [1.807, 2.05) is 80.1 Å². The van der Waals surface area contributed by atoms with Crippen molar-refractivity contribution in [2.24, 2.45) is 0 Å². The van der Waals surface area contributed by atoms with E-state index in [2.05, 4.69) is 10.4 Å². The van der Waals surface area contributed by atoms with Gasteiger partial charge in [-0.1, -0.05) is 42.5 Å². The molecular weight excluding hydrogens is 458 g/mol. The minimum atomic E-state index is -0.534. The number of para-hydroxylation sites is 2. The van der Waals surface area contributed by atoms with Crippen molar-refractivity contribution in [3.05, 3.63) is 87.6 Å². The van der Waals surface area contributed by atoms with E-state index in [1.165, 1.54) is 0 Å². The fourth-order valence-electron chi connectivity index (χ4n) is 4.35. The zero-order valence-electron chi connectivity index (χ0n) is 20.9. The van der Waals surface area contributed by atoms with Gasteiger partial charge >= 0.3 is 11.7 Å². The molecule has 0 aliphatic carbocycles. The van der Waals surface area contributed by atoms with Crippen LogP contribution < -0.4 is 11.0 Å². The molecule has 0 saturated carbocycles. The molecule has 188 valence electrons. The number of aromatic nitrogens is 4. The number of ether oxygens (including phenoxy) is 1. The Balaban J connectivity index is 1.28. The summed E-state index contributed by atoms with van der Waals surface area (Å²) in [6.07, 6.45) is -0.00458. The normalized spacial score (nSPS) is 11.1. The van der Waals surface area contributed by atoms with Gasteiger partial charge in [-0.2, -0.15) is 5.10 Å². The highest BCUT2D eigenvalue weighted by molar-refractivity contribution is 5.80. The van der Waals surface area contributed by atoms with Gasteiger partial charge in [-0.25, -0.2) is 4.79 Å². The zero-order valence-corrected chi connectivity index (χ0v) is 20.9. The molecule has 0 atom stereocenters. The molecular formula is C27H31N5O4. The van der Waals surface area contributed by atoms with Crippen LogP contribution in [0.25, 0.3) is 11.0 Å². The maximum absolute atomic E-state index is 12.7. The van der Waals surface area contributed by atoms with E-state index in [1.54, 1.807) is 9.13 Å². The van der Waals surface area contributed by atoms with Crippen LogP contribution in [0.15, 0.2) is 59.4 Å². The van der Waals surface area contributed by atoms with E-state index in [-0.39, 0.29) is 25.3 Å². The molecule has 0 fully saturated rings. The van der Waals surface area contributed by atoms with Gasteiger partial charge in [0.2, 0.25) is 0 Å². The molecule has 0 unspecified atom stereocenters. The molecule has 9 nitrogen and oxygen atoms in total. The highest BCUT2D eigenvalue weighted by Gasteiger charge is 2.16. The average molecular weight is 490 g/mol. The lowest BCUT2D eigenvalue weighted by Gasteiger charge is -2.08. The largest absolute Gasteiger partial charge is 0.456 e. The summed E-state index contributed by atoms with van der Waals surface area (Å²) in [7, 11) is 0. The number of nitrogens with zero attached hydrogens (tertiary/aromatic N) is 4. The Kier molecular flexibility index (Phi) is 7.68. The van der Waals surface area contributed by atoms with Crippen LogP contribution in [0.3, 0.4) is 0 Å². The Morgan fingerprint density at radius 3 is 2.33 bits per heavy atom. The number of nitrogens with one attached hydrogen (secondary N) is 1. The minimum absolute atomic E-state index is 0.00458. The first-order valence-electron chi connectivity index (χ1n) is 12.1. The second-order valence-electron chi connectivity index (χ2n) is 8.65. The van der Waals surface area contributed by atoms with Crippen molar-refractivity contribution in [2.75, 3.05) is 6.61 Å². The molecule has 0 saturated heterocycles. The van der Waals surface area contributed by atoms with Crippen LogP contribution in [-0.4, -0.2) is 37.4 Å². The second kappa shape index (κ2) is 11.1. The average Bonchev–Trinajstić information content (AvgIpc) is 3.31. The van der Waals surface area contributed by atoms with Gasteiger partial charge in [0.25, 0.3) is 5.91 Å². The Morgan fingerprint density at radius 1 is 0.972 bits per heavy atom. The summed E-state index contributed by atoms with van der Waals surface area (Å²) in [5.74, 6) is -0.925. The lowest BCUT2D eigenvalue weighted by Crippen LogP contribution is -2.29. The minimum Gasteiger partial charge on any atom is -0.456 e. The van der Waals surface area contributed by atoms with Gasteiger partial charge < -0.3 is 10.1 Å². The van der Waals surface area contributed by atoms with Crippen molar-refractivity contribution < 1.29 is 14.3 Å². The van der Waals surface area contributed by atoms with Crippen molar-refractivity contribution in [2.45, 2.75) is 53.4 Å². The van der Waals surface area contributed by atoms with E-state index in [0.717, 1.165) is 33.5 Å². The van der Waals surface area contributed by atoms with Crippen LogP contribution in [0, 0.1) is 13.8 Å². The number of carbonyl (C=O) groups excluding carboxylic acids is 2. The summed E-state index contributed by atoms with van der Waals surface area (Å²) < 4.78 is 10.3. The molecule has 0 aliphatic rings. The van der Waals surface area contributed by atoms with Crippen LogP contribution in [0.4, 0.5) is 0 Å². The van der Waals surface area contributed by atoms with Crippen molar-refractivity contribution in [1.82, 2.24) is 24.2 Å². The number of rotatable bonds is 10. The number of hydrogen-bond acceptors (Lipinski definition) is 5. The molecule has 0 aliphatic heterocycles. The lowest BCUT2D eigenvalue weighted by atomic mass is 10.2. The number of aryl methyl sites for hydroxylation is 3. The number of imidazole rings is 1. The molecule has 0 spiro atoms. The third kappa shape index (κ3) is 5.40. The summed E-state index contributed by atoms with van der Waals surface area (Å²) in [5, 5.41) is 7.40. The first-order valence-corrected chi connectivity index (χ1v) is 12.1. The molecule has 4 rings (SSSR count). The summed E-state index contributed by atoms with van der Waals surface area (Å²) in [4.78, 5) is 37.3. The monoisotopic (exact) mass is 489 g/mol. The van der Waals surface area contributed by atoms with E-state index >= 15 is 0 Å². The Bertz CT molecular complexity index is 1430. The SMILES string of the molecule is CCn1c(=O)n(CCC(=O)OCC(=O)NCc2c(C)nn(Cc3ccccc3)c2C)c2ccccc21. The van der Waals surface area contributed by atoms with Crippen LogP contribution >= 0.6 is 0 Å². The van der Waals surface area contributed by atoms with E-state index < -0.39 is 11.9 Å². The van der Waals surface area contributed by atoms with Crippen molar-refractivity contribution in [1.29, 1.82) is 0 Å². The maximum atomic E-state index is 12.7. The van der Waals surface area contributed by atoms with Crippen LogP contribution in [0.2, 0.25) is 0 Å². The Morgan fingerprint density at radius 2 is 1.64 bits per heavy atom. The number of amides is 1. The summed E-state index contributed by atoms with van der Waals surface area (Å²) in [6.45, 7) is 7.10. The van der Waals surface area contributed by atoms with E-state index in [9.17, 15) is 14.4 Å². The van der Waals surface area contributed by atoms with Crippen molar-refractivity contribution in [3.8, 4) is 0 Å². The van der Waals surface area contributed by atoms with Crippen LogP contribution in [-0.2, 0) is 40.5 Å². The van der Waals surface area contributed by atoms with Crippen LogP contribution in [0.5, 0.6) is 0 Å².